The fourth-order valence-electron chi connectivity index (χ4n) is 5.50. The minimum absolute atomic E-state index is 0.133. The summed E-state index contributed by atoms with van der Waals surface area (Å²) in [7, 11) is 0. The smallest absolute Gasteiger partial charge is 0.251 e. The summed E-state index contributed by atoms with van der Waals surface area (Å²) in [6.45, 7) is -0.190. The Hall–Kier alpha value is -1.25. The van der Waals surface area contributed by atoms with Gasteiger partial charge in [-0.2, -0.15) is 0 Å². The number of allylic oxidation sites excluding steroid dienone is 2. The first-order valence-corrected chi connectivity index (χ1v) is 11.8. The van der Waals surface area contributed by atoms with Gasteiger partial charge < -0.3 is 0 Å². The predicted molar refractivity (Wildman–Crippen MR) is 115 cm³/mol. The van der Waals surface area contributed by atoms with Crippen LogP contribution in [0.4, 0.5) is 13.2 Å². The summed E-state index contributed by atoms with van der Waals surface area (Å²) in [5, 5.41) is 0. The molecule has 0 aliphatic heterocycles. The fraction of sp³-hybridized carbons (Fsp3) is 0.692. The van der Waals surface area contributed by atoms with E-state index in [2.05, 4.69) is 12.2 Å². The number of unbranched alkanes of at least 4 members (excludes halogenated alkanes) is 2. The Bertz CT molecular complexity index is 591. The number of hydrogen-bond acceptors (Lipinski definition) is 0. The first-order chi connectivity index (χ1) is 14.2. The van der Waals surface area contributed by atoms with Crippen LogP contribution in [0, 0.1) is 17.8 Å². The second-order valence-electron chi connectivity index (χ2n) is 9.25. The minimum Gasteiger partial charge on any atom is -0.251 e. The van der Waals surface area contributed by atoms with Crippen LogP contribution in [0.2, 0.25) is 0 Å². The Labute approximate surface area is 175 Å². The Morgan fingerprint density at radius 3 is 2.00 bits per heavy atom. The van der Waals surface area contributed by atoms with Crippen LogP contribution in [0.15, 0.2) is 36.4 Å². The van der Waals surface area contributed by atoms with Crippen LogP contribution in [-0.4, -0.2) is 6.67 Å². The van der Waals surface area contributed by atoms with Gasteiger partial charge in [0.15, 0.2) is 0 Å². The molecule has 3 rings (SSSR count). The molecular formula is C26H37F3. The van der Waals surface area contributed by atoms with Gasteiger partial charge in [-0.1, -0.05) is 36.4 Å². The van der Waals surface area contributed by atoms with Gasteiger partial charge in [0.1, 0.15) is 0 Å². The molecule has 2 saturated carbocycles. The molecule has 0 unspecified atom stereocenters. The van der Waals surface area contributed by atoms with E-state index in [1.165, 1.54) is 63.4 Å². The molecule has 0 saturated heterocycles. The van der Waals surface area contributed by atoms with Crippen LogP contribution >= 0.6 is 0 Å². The molecule has 29 heavy (non-hydrogen) atoms. The van der Waals surface area contributed by atoms with Crippen molar-refractivity contribution in [2.24, 2.45) is 17.8 Å². The zero-order valence-corrected chi connectivity index (χ0v) is 17.7. The van der Waals surface area contributed by atoms with E-state index < -0.39 is 6.43 Å². The molecule has 3 heteroatoms. The molecule has 0 heterocycles. The maximum Gasteiger partial charge on any atom is 0.263 e. The highest BCUT2D eigenvalue weighted by Crippen LogP contribution is 2.44. The number of alkyl halides is 3. The van der Waals surface area contributed by atoms with Crippen molar-refractivity contribution in [1.29, 1.82) is 0 Å². The molecule has 2 aliphatic rings. The largest absolute Gasteiger partial charge is 0.263 e. The van der Waals surface area contributed by atoms with Gasteiger partial charge in [-0.05, 0) is 106 Å². The van der Waals surface area contributed by atoms with Gasteiger partial charge in [0.25, 0.3) is 6.43 Å². The summed E-state index contributed by atoms with van der Waals surface area (Å²) in [6.07, 6.45) is 16.6. The van der Waals surface area contributed by atoms with Crippen molar-refractivity contribution in [2.45, 2.75) is 89.4 Å². The number of hydrogen-bond donors (Lipinski definition) is 0. The Balaban J connectivity index is 1.35. The molecule has 2 aliphatic carbocycles. The van der Waals surface area contributed by atoms with Gasteiger partial charge in [-0.25, -0.2) is 8.78 Å². The zero-order valence-electron chi connectivity index (χ0n) is 17.7. The third-order valence-corrected chi connectivity index (χ3v) is 7.38. The van der Waals surface area contributed by atoms with E-state index in [0.29, 0.717) is 12.3 Å². The van der Waals surface area contributed by atoms with Crippen LogP contribution in [0.25, 0.3) is 0 Å². The lowest BCUT2D eigenvalue weighted by molar-refractivity contribution is 0.151. The van der Waals surface area contributed by atoms with Crippen LogP contribution in [0.3, 0.4) is 0 Å². The summed E-state index contributed by atoms with van der Waals surface area (Å²) in [6, 6.07) is 7.04. The van der Waals surface area contributed by atoms with Crippen LogP contribution in [0.1, 0.15) is 101 Å². The van der Waals surface area contributed by atoms with Crippen molar-refractivity contribution in [3.8, 4) is 0 Å². The van der Waals surface area contributed by atoms with Crippen LogP contribution in [-0.2, 0) is 0 Å². The third-order valence-electron chi connectivity index (χ3n) is 7.38. The normalized spacial score (nSPS) is 28.3. The molecule has 0 atom stereocenters. The fourth-order valence-corrected chi connectivity index (χ4v) is 5.50. The van der Waals surface area contributed by atoms with E-state index in [1.807, 2.05) is 12.1 Å². The van der Waals surface area contributed by atoms with E-state index in [-0.39, 0.29) is 12.2 Å². The monoisotopic (exact) mass is 406 g/mol. The number of benzene rings is 1. The summed E-state index contributed by atoms with van der Waals surface area (Å²) in [5.74, 6) is 3.15. The van der Waals surface area contributed by atoms with Crippen molar-refractivity contribution in [3.05, 3.63) is 47.5 Å². The van der Waals surface area contributed by atoms with Gasteiger partial charge in [0, 0.05) is 5.56 Å². The molecule has 0 spiro atoms. The maximum atomic E-state index is 12.7. The quantitative estimate of drug-likeness (QED) is 0.284. The SMILES string of the molecule is FCCCC/C=C/CC1CCC(C2CCC(c3ccc(C(F)F)cc3)CC2)CC1. The van der Waals surface area contributed by atoms with E-state index >= 15 is 0 Å². The Kier molecular flexibility index (Phi) is 9.14. The maximum absolute atomic E-state index is 12.7. The van der Waals surface area contributed by atoms with Gasteiger partial charge in [0.05, 0.1) is 6.67 Å². The van der Waals surface area contributed by atoms with Crippen LogP contribution < -0.4 is 0 Å². The van der Waals surface area contributed by atoms with Crippen LogP contribution in [0.5, 0.6) is 0 Å². The molecule has 162 valence electrons. The lowest BCUT2D eigenvalue weighted by Crippen LogP contribution is -2.25. The van der Waals surface area contributed by atoms with E-state index in [0.717, 1.165) is 30.6 Å². The lowest BCUT2D eigenvalue weighted by Gasteiger charge is -2.38. The minimum atomic E-state index is -2.37. The molecule has 0 N–H and O–H groups in total. The topological polar surface area (TPSA) is 0 Å². The van der Waals surface area contributed by atoms with E-state index in [9.17, 15) is 13.2 Å². The highest BCUT2D eigenvalue weighted by Gasteiger charge is 2.31. The van der Waals surface area contributed by atoms with Crippen molar-refractivity contribution in [3.63, 3.8) is 0 Å². The van der Waals surface area contributed by atoms with Gasteiger partial charge in [-0.3, -0.25) is 4.39 Å². The summed E-state index contributed by atoms with van der Waals surface area (Å²) >= 11 is 0. The summed E-state index contributed by atoms with van der Waals surface area (Å²) in [4.78, 5) is 0. The number of halogens is 3. The molecular weight excluding hydrogens is 369 g/mol. The molecule has 0 bridgehead atoms. The Morgan fingerprint density at radius 2 is 1.41 bits per heavy atom. The van der Waals surface area contributed by atoms with Crippen molar-refractivity contribution in [2.75, 3.05) is 6.67 Å². The first kappa shape index (κ1) is 22.4. The summed E-state index contributed by atoms with van der Waals surface area (Å²) < 4.78 is 37.6. The molecule has 0 nitrogen and oxygen atoms in total. The highest BCUT2D eigenvalue weighted by molar-refractivity contribution is 5.26. The molecule has 0 amide bonds. The zero-order chi connectivity index (χ0) is 20.5. The molecule has 1 aromatic carbocycles. The third kappa shape index (κ3) is 6.89. The molecule has 1 aromatic rings. The van der Waals surface area contributed by atoms with Gasteiger partial charge in [-0.15, -0.1) is 0 Å². The summed E-state index contributed by atoms with van der Waals surface area (Å²) in [5.41, 5.74) is 1.38. The van der Waals surface area contributed by atoms with E-state index in [1.54, 1.807) is 12.1 Å². The van der Waals surface area contributed by atoms with Gasteiger partial charge >= 0.3 is 0 Å². The van der Waals surface area contributed by atoms with E-state index in [4.69, 9.17) is 0 Å². The van der Waals surface area contributed by atoms with Crippen molar-refractivity contribution >= 4 is 0 Å². The van der Waals surface area contributed by atoms with Crippen molar-refractivity contribution < 1.29 is 13.2 Å². The van der Waals surface area contributed by atoms with Gasteiger partial charge in [0.2, 0.25) is 0 Å². The lowest BCUT2D eigenvalue weighted by atomic mass is 9.68. The first-order valence-electron chi connectivity index (χ1n) is 11.8. The number of rotatable bonds is 9. The Morgan fingerprint density at radius 1 is 0.793 bits per heavy atom. The predicted octanol–water partition coefficient (Wildman–Crippen LogP) is 8.79. The van der Waals surface area contributed by atoms with Crippen molar-refractivity contribution in [1.82, 2.24) is 0 Å². The molecule has 2 fully saturated rings. The highest BCUT2D eigenvalue weighted by atomic mass is 19.3. The second-order valence-corrected chi connectivity index (χ2v) is 9.25. The standard InChI is InChI=1S/C26H37F3/c27-19-5-3-1-2-4-6-20-7-9-21(10-8-20)22-11-13-23(14-12-22)24-15-17-25(18-16-24)26(28)29/h2,4,15-18,20-23,26H,1,3,5-14,19H2/b4-2+. The molecule has 0 radical (unpaired) electrons. The average Bonchev–Trinajstić information content (AvgIpc) is 2.77. The second kappa shape index (κ2) is 11.8. The molecule has 0 aromatic heterocycles. The average molecular weight is 407 g/mol.